The number of nitrogens with zero attached hydrogens (tertiary/aromatic N) is 3. The summed E-state index contributed by atoms with van der Waals surface area (Å²) in [6.45, 7) is 3.33. The minimum absolute atomic E-state index is 0.00707. The van der Waals surface area contributed by atoms with Crippen molar-refractivity contribution in [1.29, 1.82) is 0 Å². The summed E-state index contributed by atoms with van der Waals surface area (Å²) in [5.74, 6) is 1.20. The summed E-state index contributed by atoms with van der Waals surface area (Å²) in [7, 11) is -1.53. The largest absolute Gasteiger partial charge is 0.493 e. The maximum Gasteiger partial charge on any atom is 0.224 e. The third-order valence-electron chi connectivity index (χ3n) is 5.15. The summed E-state index contributed by atoms with van der Waals surface area (Å²) in [5, 5.41) is 7.14. The molecule has 0 aliphatic heterocycles. The van der Waals surface area contributed by atoms with E-state index in [1.165, 1.54) is 12.1 Å². The molecule has 0 radical (unpaired) electrons. The van der Waals surface area contributed by atoms with E-state index in [1.54, 1.807) is 24.1 Å². The zero-order valence-electron chi connectivity index (χ0n) is 18.9. The van der Waals surface area contributed by atoms with Crippen LogP contribution in [0.5, 0.6) is 5.75 Å². The number of aromatic amines is 1. The summed E-state index contributed by atoms with van der Waals surface area (Å²) >= 11 is 5.35. The molecular weight excluding hydrogens is 460 g/mol. The van der Waals surface area contributed by atoms with Gasteiger partial charge < -0.3 is 9.64 Å². The van der Waals surface area contributed by atoms with Gasteiger partial charge in [-0.1, -0.05) is 29.8 Å². The topological polar surface area (TPSA) is 97.3 Å². The van der Waals surface area contributed by atoms with Crippen LogP contribution in [0.4, 0.5) is 0 Å². The molecule has 1 heterocycles. The number of hydrogen-bond donors (Lipinski definition) is 1. The van der Waals surface area contributed by atoms with Gasteiger partial charge in [-0.25, -0.2) is 8.42 Å². The Morgan fingerprint density at radius 2 is 1.97 bits per heavy atom. The standard InChI is InChI=1S/C23H28N4O4S2/c1-17-7-4-8-18(15-17)22-24-25-23(32)27(22)13-11-21(28)26(2)12-6-14-31-19-9-5-10-20(16-19)33(3,29)30/h4-5,7-10,15-16H,6,11-14H2,1-3H3,(H,25,32). The Balaban J connectivity index is 1.49. The molecule has 1 N–H and O–H groups in total. The third kappa shape index (κ3) is 6.75. The Morgan fingerprint density at radius 3 is 2.70 bits per heavy atom. The number of aryl methyl sites for hydroxylation is 1. The van der Waals surface area contributed by atoms with Crippen LogP contribution in [0.1, 0.15) is 18.4 Å². The Bertz CT molecular complexity index is 1280. The zero-order valence-corrected chi connectivity index (χ0v) is 20.6. The first-order chi connectivity index (χ1) is 15.6. The van der Waals surface area contributed by atoms with Crippen molar-refractivity contribution in [2.75, 3.05) is 26.5 Å². The molecule has 8 nitrogen and oxygen atoms in total. The van der Waals surface area contributed by atoms with Crippen molar-refractivity contribution in [2.45, 2.75) is 31.2 Å². The molecule has 0 bridgehead atoms. The molecule has 0 atom stereocenters. The average Bonchev–Trinajstić information content (AvgIpc) is 3.14. The Labute approximate surface area is 199 Å². The molecule has 2 aromatic carbocycles. The number of carbonyl (C=O) groups excluding carboxylic acids is 1. The highest BCUT2D eigenvalue weighted by atomic mass is 32.2. The van der Waals surface area contributed by atoms with Gasteiger partial charge in [-0.2, -0.15) is 5.10 Å². The molecular formula is C23H28N4O4S2. The average molecular weight is 489 g/mol. The fraction of sp³-hybridized carbons (Fsp3) is 0.348. The first-order valence-corrected chi connectivity index (χ1v) is 12.8. The van der Waals surface area contributed by atoms with E-state index in [-0.39, 0.29) is 10.8 Å². The smallest absolute Gasteiger partial charge is 0.224 e. The molecule has 0 aliphatic carbocycles. The van der Waals surface area contributed by atoms with E-state index in [2.05, 4.69) is 10.2 Å². The van der Waals surface area contributed by atoms with E-state index in [4.69, 9.17) is 17.0 Å². The third-order valence-corrected chi connectivity index (χ3v) is 6.57. The maximum absolute atomic E-state index is 12.6. The molecule has 0 fully saturated rings. The number of hydrogen-bond acceptors (Lipinski definition) is 6. The number of benzene rings is 2. The lowest BCUT2D eigenvalue weighted by molar-refractivity contribution is -0.130. The summed E-state index contributed by atoms with van der Waals surface area (Å²) < 4.78 is 31.3. The highest BCUT2D eigenvalue weighted by Gasteiger charge is 2.13. The van der Waals surface area contributed by atoms with Crippen molar-refractivity contribution in [3.05, 3.63) is 58.9 Å². The van der Waals surface area contributed by atoms with Gasteiger partial charge in [0.05, 0.1) is 11.5 Å². The van der Waals surface area contributed by atoms with Gasteiger partial charge >= 0.3 is 0 Å². The molecule has 176 valence electrons. The van der Waals surface area contributed by atoms with Gasteiger partial charge in [-0.15, -0.1) is 0 Å². The quantitative estimate of drug-likeness (QED) is 0.346. The Hall–Kier alpha value is -2.98. The van der Waals surface area contributed by atoms with Crippen molar-refractivity contribution in [1.82, 2.24) is 19.7 Å². The van der Waals surface area contributed by atoms with Crippen LogP contribution in [0, 0.1) is 11.7 Å². The highest BCUT2D eigenvalue weighted by molar-refractivity contribution is 7.90. The Kier molecular flexibility index (Phi) is 8.04. The van der Waals surface area contributed by atoms with Crippen LogP contribution in [0.3, 0.4) is 0 Å². The second kappa shape index (κ2) is 10.8. The normalized spacial score (nSPS) is 11.4. The van der Waals surface area contributed by atoms with Crippen molar-refractivity contribution >= 4 is 28.0 Å². The SMILES string of the molecule is Cc1cccc(-c2n[nH]c(=S)n2CCC(=O)N(C)CCCOc2cccc(S(C)(=O)=O)c2)c1. The monoisotopic (exact) mass is 488 g/mol. The molecule has 1 amide bonds. The van der Waals surface area contributed by atoms with Gasteiger partial charge in [-0.05, 0) is 49.8 Å². The number of H-pyrrole nitrogens is 1. The molecule has 3 aromatic rings. The number of nitrogens with one attached hydrogen (secondary N) is 1. The first kappa shape index (κ1) is 24.7. The first-order valence-electron chi connectivity index (χ1n) is 10.5. The van der Waals surface area contributed by atoms with Crippen LogP contribution in [0.25, 0.3) is 11.4 Å². The number of carbonyl (C=O) groups is 1. The minimum Gasteiger partial charge on any atom is -0.493 e. The van der Waals surface area contributed by atoms with Gasteiger partial charge in [-0.3, -0.25) is 14.5 Å². The molecule has 3 rings (SSSR count). The van der Waals surface area contributed by atoms with Gasteiger partial charge in [0.25, 0.3) is 0 Å². The molecule has 0 unspecified atom stereocenters. The zero-order chi connectivity index (χ0) is 24.0. The van der Waals surface area contributed by atoms with E-state index in [0.29, 0.717) is 48.9 Å². The number of sulfone groups is 1. The molecule has 0 spiro atoms. The van der Waals surface area contributed by atoms with Gasteiger partial charge in [0.15, 0.2) is 20.4 Å². The second-order valence-electron chi connectivity index (χ2n) is 7.89. The maximum atomic E-state index is 12.6. The summed E-state index contributed by atoms with van der Waals surface area (Å²) in [6.07, 6.45) is 2.07. The Morgan fingerprint density at radius 1 is 1.21 bits per heavy atom. The second-order valence-corrected chi connectivity index (χ2v) is 10.3. The predicted octanol–water partition coefficient (Wildman–Crippen LogP) is 3.64. The summed E-state index contributed by atoms with van der Waals surface area (Å²) in [5.41, 5.74) is 2.06. The van der Waals surface area contributed by atoms with Crippen LogP contribution in [-0.4, -0.2) is 60.4 Å². The lowest BCUT2D eigenvalue weighted by Gasteiger charge is -2.18. The van der Waals surface area contributed by atoms with Gasteiger partial charge in [0.2, 0.25) is 5.91 Å². The predicted molar refractivity (Wildman–Crippen MR) is 130 cm³/mol. The van der Waals surface area contributed by atoms with Crippen molar-refractivity contribution in [3.8, 4) is 17.1 Å². The minimum atomic E-state index is -3.28. The van der Waals surface area contributed by atoms with Crippen molar-refractivity contribution < 1.29 is 17.9 Å². The molecule has 0 saturated heterocycles. The number of rotatable bonds is 10. The van der Waals surface area contributed by atoms with Crippen LogP contribution in [0.15, 0.2) is 53.4 Å². The molecule has 1 aromatic heterocycles. The van der Waals surface area contributed by atoms with Gasteiger partial charge in [0.1, 0.15) is 5.75 Å². The lowest BCUT2D eigenvalue weighted by atomic mass is 10.1. The lowest BCUT2D eigenvalue weighted by Crippen LogP contribution is -2.29. The van der Waals surface area contributed by atoms with E-state index in [0.717, 1.165) is 17.4 Å². The fourth-order valence-corrected chi connectivity index (χ4v) is 4.22. The molecule has 33 heavy (non-hydrogen) atoms. The van der Waals surface area contributed by atoms with Crippen molar-refractivity contribution in [3.63, 3.8) is 0 Å². The highest BCUT2D eigenvalue weighted by Crippen LogP contribution is 2.19. The summed E-state index contributed by atoms with van der Waals surface area (Å²) in [6, 6.07) is 14.4. The van der Waals surface area contributed by atoms with Gasteiger partial charge in [0, 0.05) is 38.4 Å². The molecule has 0 saturated carbocycles. The van der Waals surface area contributed by atoms with Crippen LogP contribution in [0.2, 0.25) is 0 Å². The molecule has 0 aliphatic rings. The van der Waals surface area contributed by atoms with Crippen LogP contribution in [-0.2, 0) is 21.2 Å². The van der Waals surface area contributed by atoms with E-state index >= 15 is 0 Å². The van der Waals surface area contributed by atoms with Crippen LogP contribution >= 0.6 is 12.2 Å². The van der Waals surface area contributed by atoms with E-state index < -0.39 is 9.84 Å². The number of ether oxygens (including phenoxy) is 1. The van der Waals surface area contributed by atoms with E-state index in [1.807, 2.05) is 35.8 Å². The van der Waals surface area contributed by atoms with E-state index in [9.17, 15) is 13.2 Å². The number of amides is 1. The number of aromatic nitrogens is 3. The fourth-order valence-electron chi connectivity index (χ4n) is 3.34. The molecule has 10 heteroatoms. The van der Waals surface area contributed by atoms with Crippen LogP contribution < -0.4 is 4.74 Å². The summed E-state index contributed by atoms with van der Waals surface area (Å²) in [4.78, 5) is 14.5. The van der Waals surface area contributed by atoms with Crippen molar-refractivity contribution in [2.24, 2.45) is 0 Å².